The monoisotopic (exact) mass is 265 g/mol. The molecule has 1 aliphatic rings. The first-order chi connectivity index (χ1) is 9.04. The quantitative estimate of drug-likeness (QED) is 0.883. The molecule has 1 saturated heterocycles. The molecule has 1 fully saturated rings. The van der Waals surface area contributed by atoms with Crippen molar-refractivity contribution in [3.63, 3.8) is 0 Å². The second-order valence-electron chi connectivity index (χ2n) is 4.97. The highest BCUT2D eigenvalue weighted by atomic mass is 16.5. The Hall–Kier alpha value is -1.69. The summed E-state index contributed by atoms with van der Waals surface area (Å²) in [4.78, 5) is 13.4. The van der Waals surface area contributed by atoms with Gasteiger partial charge < -0.3 is 14.7 Å². The fraction of sp³-hybridized carbons (Fsp3) is 0.615. The molecule has 1 N–H and O–H groups in total. The molecule has 0 saturated carbocycles. The van der Waals surface area contributed by atoms with Crippen molar-refractivity contribution < 1.29 is 14.6 Å². The number of methoxy groups -OCH3 is 1. The molecular weight excluding hydrogens is 246 g/mol. The minimum atomic E-state index is -0.944. The highest BCUT2D eigenvalue weighted by Gasteiger charge is 2.28. The highest BCUT2D eigenvalue weighted by Crippen LogP contribution is 2.27. The number of carboxylic acid groups (broad SMARTS) is 1. The molecule has 0 bridgehead atoms. The van der Waals surface area contributed by atoms with E-state index in [0.717, 1.165) is 19.5 Å². The van der Waals surface area contributed by atoms with Crippen LogP contribution in [0.1, 0.15) is 28.0 Å². The molecule has 0 radical (unpaired) electrons. The summed E-state index contributed by atoms with van der Waals surface area (Å²) in [7, 11) is 1.68. The van der Waals surface area contributed by atoms with Gasteiger partial charge in [-0.15, -0.1) is 5.10 Å². The molecule has 6 nitrogen and oxygen atoms in total. The number of anilines is 1. The summed E-state index contributed by atoms with van der Waals surface area (Å²) < 4.78 is 5.15. The van der Waals surface area contributed by atoms with Crippen molar-refractivity contribution >= 4 is 11.8 Å². The molecule has 1 aromatic rings. The van der Waals surface area contributed by atoms with Crippen LogP contribution in [0.3, 0.4) is 0 Å². The maximum absolute atomic E-state index is 11.4. The number of carboxylic acids is 1. The number of carbonyl (C=O) groups is 1. The number of hydrogen-bond donors (Lipinski definition) is 1. The van der Waals surface area contributed by atoms with Crippen molar-refractivity contribution in [1.29, 1.82) is 0 Å². The topological polar surface area (TPSA) is 75.5 Å². The number of rotatable bonds is 4. The van der Waals surface area contributed by atoms with Gasteiger partial charge >= 0.3 is 5.97 Å². The third-order valence-electron chi connectivity index (χ3n) is 3.64. The van der Waals surface area contributed by atoms with Gasteiger partial charge in [0.25, 0.3) is 0 Å². The van der Waals surface area contributed by atoms with Crippen LogP contribution in [-0.2, 0) is 4.74 Å². The van der Waals surface area contributed by atoms with E-state index in [1.165, 1.54) is 0 Å². The molecule has 1 atom stereocenters. The van der Waals surface area contributed by atoms with Crippen LogP contribution in [0.15, 0.2) is 0 Å². The molecule has 1 aromatic heterocycles. The van der Waals surface area contributed by atoms with E-state index in [2.05, 4.69) is 10.2 Å². The molecule has 0 amide bonds. The largest absolute Gasteiger partial charge is 0.478 e. The summed E-state index contributed by atoms with van der Waals surface area (Å²) in [5, 5.41) is 17.5. The number of nitrogens with zero attached hydrogens (tertiary/aromatic N) is 3. The van der Waals surface area contributed by atoms with Gasteiger partial charge in [-0.2, -0.15) is 5.10 Å². The number of ether oxygens (including phenoxy) is 1. The Bertz CT molecular complexity index is 490. The minimum absolute atomic E-state index is 0.269. The summed E-state index contributed by atoms with van der Waals surface area (Å²) in [6.45, 7) is 5.81. The Labute approximate surface area is 112 Å². The minimum Gasteiger partial charge on any atom is -0.478 e. The molecule has 1 unspecified atom stereocenters. The molecule has 0 spiro atoms. The second-order valence-corrected chi connectivity index (χ2v) is 4.97. The van der Waals surface area contributed by atoms with Crippen LogP contribution < -0.4 is 4.90 Å². The average molecular weight is 265 g/mol. The van der Waals surface area contributed by atoms with Crippen LogP contribution in [0.5, 0.6) is 0 Å². The van der Waals surface area contributed by atoms with E-state index in [0.29, 0.717) is 29.6 Å². The molecule has 2 heterocycles. The first-order valence-electron chi connectivity index (χ1n) is 6.35. The van der Waals surface area contributed by atoms with Gasteiger partial charge in [0.05, 0.1) is 12.3 Å². The third kappa shape index (κ3) is 2.68. The molecule has 1 aliphatic heterocycles. The summed E-state index contributed by atoms with van der Waals surface area (Å²) in [5.41, 5.74) is 1.62. The van der Waals surface area contributed by atoms with E-state index in [1.54, 1.807) is 21.0 Å². The van der Waals surface area contributed by atoms with Gasteiger partial charge in [0.2, 0.25) is 0 Å². The zero-order valence-corrected chi connectivity index (χ0v) is 11.5. The Morgan fingerprint density at radius 2 is 2.21 bits per heavy atom. The van der Waals surface area contributed by atoms with E-state index < -0.39 is 5.97 Å². The first-order valence-corrected chi connectivity index (χ1v) is 6.35. The van der Waals surface area contributed by atoms with Crippen molar-refractivity contribution in [2.24, 2.45) is 5.92 Å². The first kappa shape index (κ1) is 13.7. The van der Waals surface area contributed by atoms with Gasteiger partial charge in [0.1, 0.15) is 5.56 Å². The van der Waals surface area contributed by atoms with Gasteiger partial charge in [-0.25, -0.2) is 4.79 Å². The van der Waals surface area contributed by atoms with Crippen LogP contribution in [0.25, 0.3) is 0 Å². The third-order valence-corrected chi connectivity index (χ3v) is 3.64. The van der Waals surface area contributed by atoms with Crippen molar-refractivity contribution in [2.75, 3.05) is 31.7 Å². The number of aromatic nitrogens is 2. The van der Waals surface area contributed by atoms with E-state index in [9.17, 15) is 9.90 Å². The summed E-state index contributed by atoms with van der Waals surface area (Å²) in [5.74, 6) is -0.0371. The molecule has 104 valence electrons. The lowest BCUT2D eigenvalue weighted by molar-refractivity contribution is 0.0696. The Morgan fingerprint density at radius 1 is 1.47 bits per heavy atom. The standard InChI is InChI=1S/C13H19N3O3/c1-8-9(2)14-15-12(11(8)13(17)18)16-5-4-10(6-16)7-19-3/h10H,4-7H2,1-3H3,(H,17,18). The van der Waals surface area contributed by atoms with Crippen molar-refractivity contribution in [3.8, 4) is 0 Å². The van der Waals surface area contributed by atoms with E-state index in [1.807, 2.05) is 4.90 Å². The molecule has 19 heavy (non-hydrogen) atoms. The van der Waals surface area contributed by atoms with Crippen molar-refractivity contribution in [3.05, 3.63) is 16.8 Å². The molecular formula is C13H19N3O3. The van der Waals surface area contributed by atoms with Crippen LogP contribution >= 0.6 is 0 Å². The Morgan fingerprint density at radius 3 is 2.84 bits per heavy atom. The smallest absolute Gasteiger partial charge is 0.339 e. The fourth-order valence-electron chi connectivity index (χ4n) is 2.47. The SMILES string of the molecule is COCC1CCN(c2nnc(C)c(C)c2C(=O)O)C1. The van der Waals surface area contributed by atoms with E-state index in [-0.39, 0.29) is 5.56 Å². The Kier molecular flexibility index (Phi) is 3.99. The van der Waals surface area contributed by atoms with Crippen molar-refractivity contribution in [2.45, 2.75) is 20.3 Å². The molecule has 6 heteroatoms. The number of aromatic carboxylic acids is 1. The fourth-order valence-corrected chi connectivity index (χ4v) is 2.47. The van der Waals surface area contributed by atoms with Crippen LogP contribution in [0.2, 0.25) is 0 Å². The lowest BCUT2D eigenvalue weighted by Gasteiger charge is -2.20. The van der Waals surface area contributed by atoms with Crippen LogP contribution in [0, 0.1) is 19.8 Å². The van der Waals surface area contributed by atoms with Crippen LogP contribution in [-0.4, -0.2) is 48.1 Å². The Balaban J connectivity index is 2.31. The van der Waals surface area contributed by atoms with Crippen LogP contribution in [0.4, 0.5) is 5.82 Å². The second kappa shape index (κ2) is 5.52. The average Bonchev–Trinajstić information content (AvgIpc) is 2.81. The molecule has 0 aliphatic carbocycles. The van der Waals surface area contributed by atoms with Gasteiger partial charge in [0.15, 0.2) is 5.82 Å². The summed E-state index contributed by atoms with van der Waals surface area (Å²) in [6, 6.07) is 0. The van der Waals surface area contributed by atoms with Gasteiger partial charge in [-0.05, 0) is 25.8 Å². The normalized spacial score (nSPS) is 18.9. The van der Waals surface area contributed by atoms with Gasteiger partial charge in [0, 0.05) is 26.1 Å². The maximum atomic E-state index is 11.4. The number of aryl methyl sites for hydroxylation is 1. The summed E-state index contributed by atoms with van der Waals surface area (Å²) in [6.07, 6.45) is 0.988. The predicted octanol–water partition coefficient (Wildman–Crippen LogP) is 1.26. The number of hydrogen-bond acceptors (Lipinski definition) is 5. The summed E-state index contributed by atoms with van der Waals surface area (Å²) >= 11 is 0. The predicted molar refractivity (Wildman–Crippen MR) is 70.7 cm³/mol. The molecule has 2 rings (SSSR count). The zero-order valence-electron chi connectivity index (χ0n) is 11.5. The van der Waals surface area contributed by atoms with E-state index >= 15 is 0 Å². The zero-order chi connectivity index (χ0) is 14.0. The maximum Gasteiger partial charge on any atom is 0.339 e. The van der Waals surface area contributed by atoms with Gasteiger partial charge in [-0.1, -0.05) is 0 Å². The lowest BCUT2D eigenvalue weighted by atomic mass is 10.1. The van der Waals surface area contributed by atoms with Crippen molar-refractivity contribution in [1.82, 2.24) is 10.2 Å². The van der Waals surface area contributed by atoms with E-state index in [4.69, 9.17) is 4.74 Å². The molecule has 0 aromatic carbocycles. The lowest BCUT2D eigenvalue weighted by Crippen LogP contribution is -2.25. The highest BCUT2D eigenvalue weighted by molar-refractivity contribution is 5.95. The van der Waals surface area contributed by atoms with Gasteiger partial charge in [-0.3, -0.25) is 0 Å².